The number of anilines is 2. The summed E-state index contributed by atoms with van der Waals surface area (Å²) in [5.74, 6) is 0.123. The van der Waals surface area contributed by atoms with E-state index in [9.17, 15) is 4.79 Å². The number of hydrogen-bond donors (Lipinski definition) is 2. The van der Waals surface area contributed by atoms with E-state index in [1.165, 1.54) is 12.4 Å². The van der Waals surface area contributed by atoms with Crippen molar-refractivity contribution >= 4 is 40.7 Å². The zero-order valence-corrected chi connectivity index (χ0v) is 13.0. The molecular weight excluding hydrogens is 311 g/mol. The van der Waals surface area contributed by atoms with Gasteiger partial charge in [0.2, 0.25) is 5.95 Å². The van der Waals surface area contributed by atoms with Crippen molar-refractivity contribution in [2.24, 2.45) is 0 Å². The van der Waals surface area contributed by atoms with Crippen LogP contribution in [0.4, 0.5) is 11.6 Å². The number of nitrogens with zero attached hydrogens (tertiary/aromatic N) is 2. The first kappa shape index (κ1) is 15.5. The normalized spacial score (nSPS) is 10.5. The highest BCUT2D eigenvalue weighted by Crippen LogP contribution is 2.30. The summed E-state index contributed by atoms with van der Waals surface area (Å²) in [5, 5.41) is 6.55. The van der Waals surface area contributed by atoms with Crippen molar-refractivity contribution in [2.75, 3.05) is 5.32 Å². The standard InChI is InChI=1S/C14H14Cl2N4O/c1-8(2)19-13(21)9-6-17-14(18-7-9)20-11-5-3-4-10(15)12(11)16/h3-8H,1-2H3,(H,19,21)(H,17,18,20). The number of benzene rings is 1. The lowest BCUT2D eigenvalue weighted by Crippen LogP contribution is -2.30. The van der Waals surface area contributed by atoms with E-state index in [0.29, 0.717) is 27.2 Å². The van der Waals surface area contributed by atoms with Crippen molar-refractivity contribution in [1.82, 2.24) is 15.3 Å². The number of nitrogens with one attached hydrogen (secondary N) is 2. The zero-order valence-electron chi connectivity index (χ0n) is 11.5. The molecule has 2 N–H and O–H groups in total. The summed E-state index contributed by atoms with van der Waals surface area (Å²) in [6, 6.07) is 5.27. The Kier molecular flexibility index (Phi) is 4.98. The molecule has 0 spiro atoms. The lowest BCUT2D eigenvalue weighted by Gasteiger charge is -2.09. The van der Waals surface area contributed by atoms with E-state index >= 15 is 0 Å². The molecule has 2 rings (SSSR count). The Hall–Kier alpha value is -1.85. The number of halogens is 2. The summed E-state index contributed by atoms with van der Waals surface area (Å²) < 4.78 is 0. The number of carbonyl (C=O) groups is 1. The summed E-state index contributed by atoms with van der Waals surface area (Å²) in [5.41, 5.74) is 0.995. The fourth-order valence-corrected chi connectivity index (χ4v) is 1.92. The van der Waals surface area contributed by atoms with E-state index in [2.05, 4.69) is 20.6 Å². The topological polar surface area (TPSA) is 66.9 Å². The van der Waals surface area contributed by atoms with E-state index in [0.717, 1.165) is 0 Å². The highest BCUT2D eigenvalue weighted by atomic mass is 35.5. The maximum atomic E-state index is 11.8. The smallest absolute Gasteiger partial charge is 0.254 e. The molecule has 0 radical (unpaired) electrons. The molecule has 110 valence electrons. The van der Waals surface area contributed by atoms with Crippen LogP contribution in [0, 0.1) is 0 Å². The van der Waals surface area contributed by atoms with Crippen molar-refractivity contribution in [2.45, 2.75) is 19.9 Å². The summed E-state index contributed by atoms with van der Waals surface area (Å²) in [4.78, 5) is 20.0. The Bertz CT molecular complexity index is 644. The fraction of sp³-hybridized carbons (Fsp3) is 0.214. The van der Waals surface area contributed by atoms with Crippen molar-refractivity contribution in [1.29, 1.82) is 0 Å². The molecule has 0 aliphatic carbocycles. The second-order valence-corrected chi connectivity index (χ2v) is 5.44. The molecule has 7 heteroatoms. The second-order valence-electron chi connectivity index (χ2n) is 4.65. The molecule has 0 fully saturated rings. The average molecular weight is 325 g/mol. The highest BCUT2D eigenvalue weighted by Gasteiger charge is 2.09. The van der Waals surface area contributed by atoms with Gasteiger partial charge in [-0.1, -0.05) is 29.3 Å². The monoisotopic (exact) mass is 324 g/mol. The Morgan fingerprint density at radius 3 is 2.48 bits per heavy atom. The third-order valence-corrected chi connectivity index (χ3v) is 3.35. The van der Waals surface area contributed by atoms with Crippen LogP contribution in [0.1, 0.15) is 24.2 Å². The minimum Gasteiger partial charge on any atom is -0.350 e. The molecular formula is C14H14Cl2N4O. The van der Waals surface area contributed by atoms with Crippen LogP contribution in [0.5, 0.6) is 0 Å². The molecule has 0 saturated heterocycles. The maximum absolute atomic E-state index is 11.8. The van der Waals surface area contributed by atoms with Crippen LogP contribution in [0.25, 0.3) is 0 Å². The molecule has 0 bridgehead atoms. The van der Waals surface area contributed by atoms with Gasteiger partial charge in [-0.15, -0.1) is 0 Å². The zero-order chi connectivity index (χ0) is 15.4. The van der Waals surface area contributed by atoms with Crippen LogP contribution in [0.2, 0.25) is 10.0 Å². The van der Waals surface area contributed by atoms with Gasteiger partial charge in [0, 0.05) is 18.4 Å². The van der Waals surface area contributed by atoms with Gasteiger partial charge in [-0.05, 0) is 26.0 Å². The van der Waals surface area contributed by atoms with Gasteiger partial charge < -0.3 is 10.6 Å². The highest BCUT2D eigenvalue weighted by molar-refractivity contribution is 6.43. The summed E-state index contributed by atoms with van der Waals surface area (Å²) in [6.45, 7) is 3.77. The van der Waals surface area contributed by atoms with Crippen molar-refractivity contribution in [3.63, 3.8) is 0 Å². The van der Waals surface area contributed by atoms with E-state index in [1.54, 1.807) is 18.2 Å². The number of amides is 1. The predicted octanol–water partition coefficient (Wildman–Crippen LogP) is 3.67. The molecule has 5 nitrogen and oxygen atoms in total. The van der Waals surface area contributed by atoms with Gasteiger partial charge in [-0.2, -0.15) is 0 Å². The van der Waals surface area contributed by atoms with Crippen molar-refractivity contribution in [3.05, 3.63) is 46.2 Å². The van der Waals surface area contributed by atoms with Crippen LogP contribution in [-0.4, -0.2) is 21.9 Å². The molecule has 0 saturated carbocycles. The maximum Gasteiger partial charge on any atom is 0.254 e. The van der Waals surface area contributed by atoms with Crippen molar-refractivity contribution in [3.8, 4) is 0 Å². The number of hydrogen-bond acceptors (Lipinski definition) is 4. The Balaban J connectivity index is 2.12. The van der Waals surface area contributed by atoms with Gasteiger partial charge in [0.15, 0.2) is 0 Å². The molecule has 0 atom stereocenters. The SMILES string of the molecule is CC(C)NC(=O)c1cnc(Nc2cccc(Cl)c2Cl)nc1. The molecule has 1 aromatic carbocycles. The van der Waals surface area contributed by atoms with Crippen LogP contribution in [0.3, 0.4) is 0 Å². The van der Waals surface area contributed by atoms with Crippen LogP contribution in [0.15, 0.2) is 30.6 Å². The predicted molar refractivity (Wildman–Crippen MR) is 84.4 cm³/mol. The summed E-state index contributed by atoms with van der Waals surface area (Å²) in [7, 11) is 0. The largest absolute Gasteiger partial charge is 0.350 e. The first-order valence-electron chi connectivity index (χ1n) is 6.31. The third-order valence-electron chi connectivity index (χ3n) is 2.53. The first-order chi connectivity index (χ1) is 9.97. The molecule has 1 aromatic heterocycles. The Labute approximate surface area is 132 Å². The molecule has 1 amide bonds. The van der Waals surface area contributed by atoms with Crippen LogP contribution < -0.4 is 10.6 Å². The molecule has 1 heterocycles. The quantitative estimate of drug-likeness (QED) is 0.900. The minimum atomic E-state index is -0.211. The van der Waals surface area contributed by atoms with Gasteiger partial charge >= 0.3 is 0 Å². The minimum absolute atomic E-state index is 0.0561. The molecule has 21 heavy (non-hydrogen) atoms. The molecule has 0 aliphatic heterocycles. The summed E-state index contributed by atoms with van der Waals surface area (Å²) >= 11 is 12.0. The lowest BCUT2D eigenvalue weighted by atomic mass is 10.3. The van der Waals surface area contributed by atoms with E-state index in [-0.39, 0.29) is 11.9 Å². The first-order valence-corrected chi connectivity index (χ1v) is 7.07. The number of carbonyl (C=O) groups excluding carboxylic acids is 1. The van der Waals surface area contributed by atoms with Gasteiger partial charge in [0.25, 0.3) is 5.91 Å². The van der Waals surface area contributed by atoms with E-state index in [1.807, 2.05) is 13.8 Å². The third kappa shape index (κ3) is 4.06. The van der Waals surface area contributed by atoms with E-state index < -0.39 is 0 Å². The number of rotatable bonds is 4. The molecule has 2 aromatic rings. The van der Waals surface area contributed by atoms with Gasteiger partial charge in [0.05, 0.1) is 21.3 Å². The van der Waals surface area contributed by atoms with Gasteiger partial charge in [0.1, 0.15) is 0 Å². The lowest BCUT2D eigenvalue weighted by molar-refractivity contribution is 0.0942. The summed E-state index contributed by atoms with van der Waals surface area (Å²) in [6.07, 6.45) is 2.90. The number of aromatic nitrogens is 2. The Morgan fingerprint density at radius 1 is 1.19 bits per heavy atom. The van der Waals surface area contributed by atoms with Crippen LogP contribution in [-0.2, 0) is 0 Å². The average Bonchev–Trinajstić information content (AvgIpc) is 2.44. The molecule has 0 unspecified atom stereocenters. The Morgan fingerprint density at radius 2 is 1.86 bits per heavy atom. The van der Waals surface area contributed by atoms with E-state index in [4.69, 9.17) is 23.2 Å². The van der Waals surface area contributed by atoms with Crippen LogP contribution >= 0.6 is 23.2 Å². The van der Waals surface area contributed by atoms with Gasteiger partial charge in [-0.25, -0.2) is 9.97 Å². The molecule has 0 aliphatic rings. The fourth-order valence-electron chi connectivity index (χ4n) is 1.58. The van der Waals surface area contributed by atoms with Gasteiger partial charge in [-0.3, -0.25) is 4.79 Å². The second kappa shape index (κ2) is 6.74. The van der Waals surface area contributed by atoms with Crippen molar-refractivity contribution < 1.29 is 4.79 Å².